The molecule has 0 amide bonds. The molecular weight excluding hydrogens is 248 g/mol. The molecule has 1 aliphatic heterocycles. The van der Waals surface area contributed by atoms with E-state index in [0.717, 1.165) is 25.9 Å². The minimum Gasteiger partial charge on any atom is -0.467 e. The first-order valence-corrected chi connectivity index (χ1v) is 6.37. The first-order valence-electron chi connectivity index (χ1n) is 6.37. The van der Waals surface area contributed by atoms with Gasteiger partial charge in [0.05, 0.1) is 11.0 Å². The molecule has 1 aromatic carbocycles. The molecule has 0 saturated carbocycles. The van der Waals surface area contributed by atoms with Crippen LogP contribution in [-0.4, -0.2) is 31.9 Å². The summed E-state index contributed by atoms with van der Waals surface area (Å²) in [5, 5.41) is 11.2. The van der Waals surface area contributed by atoms with Gasteiger partial charge in [-0.2, -0.15) is 0 Å². The zero-order valence-corrected chi connectivity index (χ0v) is 11.0. The van der Waals surface area contributed by atoms with Crippen molar-refractivity contribution in [3.8, 4) is 5.75 Å². The van der Waals surface area contributed by atoms with Gasteiger partial charge in [0, 0.05) is 20.2 Å². The van der Waals surface area contributed by atoms with Gasteiger partial charge in [-0.3, -0.25) is 10.1 Å². The molecule has 1 heterocycles. The highest BCUT2D eigenvalue weighted by atomic mass is 16.7. The van der Waals surface area contributed by atoms with Gasteiger partial charge >= 0.3 is 0 Å². The molecule has 6 nitrogen and oxygen atoms in total. The summed E-state index contributed by atoms with van der Waals surface area (Å²) in [7, 11) is 1.51. The Kier molecular flexibility index (Phi) is 4.57. The Morgan fingerprint density at radius 1 is 1.32 bits per heavy atom. The number of hydrogen-bond acceptors (Lipinski definition) is 5. The molecule has 1 aromatic rings. The van der Waals surface area contributed by atoms with Gasteiger partial charge < -0.3 is 14.4 Å². The number of rotatable bonds is 5. The summed E-state index contributed by atoms with van der Waals surface area (Å²) < 4.78 is 10.0. The zero-order chi connectivity index (χ0) is 13.7. The molecule has 6 heteroatoms. The highest BCUT2D eigenvalue weighted by Gasteiger charge is 2.21. The minimum atomic E-state index is -0.358. The maximum atomic E-state index is 11.2. The molecular formula is C13H18N2O4. The standard InChI is InChI=1S/C13H18N2O4/c1-18-10-19-11-5-6-12(13(9-11)15(16)17)14-7-3-2-4-8-14/h5-6,9H,2-4,7-8,10H2,1H3. The number of ether oxygens (including phenoxy) is 2. The van der Waals surface area contributed by atoms with Gasteiger partial charge in [0.1, 0.15) is 11.4 Å². The summed E-state index contributed by atoms with van der Waals surface area (Å²) in [6.45, 7) is 1.83. The molecule has 2 rings (SSSR count). The largest absolute Gasteiger partial charge is 0.467 e. The summed E-state index contributed by atoms with van der Waals surface area (Å²) in [5.74, 6) is 0.453. The summed E-state index contributed by atoms with van der Waals surface area (Å²) in [6.07, 6.45) is 3.36. The second-order valence-electron chi connectivity index (χ2n) is 4.51. The predicted molar refractivity (Wildman–Crippen MR) is 71.7 cm³/mol. The average molecular weight is 266 g/mol. The van der Waals surface area contributed by atoms with Gasteiger partial charge in [-0.15, -0.1) is 0 Å². The number of benzene rings is 1. The van der Waals surface area contributed by atoms with Crippen LogP contribution in [0.5, 0.6) is 5.75 Å². The summed E-state index contributed by atoms with van der Waals surface area (Å²) >= 11 is 0. The minimum absolute atomic E-state index is 0.0835. The van der Waals surface area contributed by atoms with E-state index in [1.807, 2.05) is 0 Å². The van der Waals surface area contributed by atoms with Gasteiger partial charge in [0.2, 0.25) is 0 Å². The van der Waals surface area contributed by atoms with E-state index in [1.165, 1.54) is 19.6 Å². The van der Waals surface area contributed by atoms with Crippen molar-refractivity contribution >= 4 is 11.4 Å². The van der Waals surface area contributed by atoms with E-state index in [1.54, 1.807) is 12.1 Å². The van der Waals surface area contributed by atoms with Crippen molar-refractivity contribution in [3.63, 3.8) is 0 Å². The fourth-order valence-corrected chi connectivity index (χ4v) is 2.27. The van der Waals surface area contributed by atoms with E-state index in [4.69, 9.17) is 9.47 Å². The van der Waals surface area contributed by atoms with Crippen molar-refractivity contribution in [2.45, 2.75) is 19.3 Å². The lowest BCUT2D eigenvalue weighted by molar-refractivity contribution is -0.384. The molecule has 0 bridgehead atoms. The molecule has 104 valence electrons. The number of methoxy groups -OCH3 is 1. The van der Waals surface area contributed by atoms with Crippen LogP contribution in [0.2, 0.25) is 0 Å². The lowest BCUT2D eigenvalue weighted by atomic mass is 10.1. The Hall–Kier alpha value is -1.82. The van der Waals surface area contributed by atoms with Crippen LogP contribution in [-0.2, 0) is 4.74 Å². The quantitative estimate of drug-likeness (QED) is 0.465. The van der Waals surface area contributed by atoms with E-state index >= 15 is 0 Å². The van der Waals surface area contributed by atoms with Crippen molar-refractivity contribution in [2.24, 2.45) is 0 Å². The second-order valence-corrected chi connectivity index (χ2v) is 4.51. The third-order valence-electron chi connectivity index (χ3n) is 3.18. The molecule has 1 aliphatic rings. The van der Waals surface area contributed by atoms with Crippen LogP contribution in [0, 0.1) is 10.1 Å². The first kappa shape index (κ1) is 13.6. The number of nitro groups is 1. The number of nitro benzene ring substituents is 1. The normalized spacial score (nSPS) is 15.3. The average Bonchev–Trinajstić information content (AvgIpc) is 2.45. The fourth-order valence-electron chi connectivity index (χ4n) is 2.27. The second kappa shape index (κ2) is 6.38. The lowest BCUT2D eigenvalue weighted by Gasteiger charge is -2.28. The van der Waals surface area contributed by atoms with Crippen LogP contribution in [0.3, 0.4) is 0 Å². The van der Waals surface area contributed by atoms with Crippen molar-refractivity contribution in [1.82, 2.24) is 0 Å². The SMILES string of the molecule is COCOc1ccc(N2CCCCC2)c([N+](=O)[O-])c1. The Morgan fingerprint density at radius 2 is 2.05 bits per heavy atom. The molecule has 0 unspecified atom stereocenters. The smallest absolute Gasteiger partial charge is 0.296 e. The molecule has 1 fully saturated rings. The van der Waals surface area contributed by atoms with Crippen LogP contribution >= 0.6 is 0 Å². The van der Waals surface area contributed by atoms with Crippen molar-refractivity contribution in [2.75, 3.05) is 31.9 Å². The van der Waals surface area contributed by atoms with Crippen LogP contribution < -0.4 is 9.64 Å². The monoisotopic (exact) mass is 266 g/mol. The molecule has 19 heavy (non-hydrogen) atoms. The van der Waals surface area contributed by atoms with E-state index in [9.17, 15) is 10.1 Å². The molecule has 0 atom stereocenters. The van der Waals surface area contributed by atoms with Crippen LogP contribution in [0.4, 0.5) is 11.4 Å². The first-order chi connectivity index (χ1) is 9.22. The molecule has 0 aliphatic carbocycles. The summed E-state index contributed by atoms with van der Waals surface area (Å²) in [6, 6.07) is 4.97. The van der Waals surface area contributed by atoms with Crippen LogP contribution in [0.15, 0.2) is 18.2 Å². The van der Waals surface area contributed by atoms with E-state index in [0.29, 0.717) is 11.4 Å². The predicted octanol–water partition coefficient (Wildman–Crippen LogP) is 2.57. The number of piperidine rings is 1. The van der Waals surface area contributed by atoms with Gasteiger partial charge in [-0.1, -0.05) is 0 Å². The number of nitrogens with zero attached hydrogens (tertiary/aromatic N) is 2. The Labute approximate surface area is 112 Å². The van der Waals surface area contributed by atoms with Crippen LogP contribution in [0.25, 0.3) is 0 Å². The van der Waals surface area contributed by atoms with Crippen molar-refractivity contribution in [3.05, 3.63) is 28.3 Å². The van der Waals surface area contributed by atoms with Gasteiger partial charge in [0.15, 0.2) is 6.79 Å². The highest BCUT2D eigenvalue weighted by Crippen LogP contribution is 2.33. The highest BCUT2D eigenvalue weighted by molar-refractivity contribution is 5.65. The third-order valence-corrected chi connectivity index (χ3v) is 3.18. The number of hydrogen-bond donors (Lipinski definition) is 0. The van der Waals surface area contributed by atoms with Crippen molar-refractivity contribution < 1.29 is 14.4 Å². The zero-order valence-electron chi connectivity index (χ0n) is 11.0. The van der Waals surface area contributed by atoms with E-state index in [2.05, 4.69) is 4.90 Å². The molecule has 0 spiro atoms. The lowest BCUT2D eigenvalue weighted by Crippen LogP contribution is -2.29. The van der Waals surface area contributed by atoms with Gasteiger partial charge in [0.25, 0.3) is 5.69 Å². The Bertz CT molecular complexity index is 444. The molecule has 0 aromatic heterocycles. The molecule has 0 N–H and O–H groups in total. The summed E-state index contributed by atoms with van der Waals surface area (Å²) in [4.78, 5) is 12.9. The maximum absolute atomic E-state index is 11.2. The Balaban J connectivity index is 2.24. The fraction of sp³-hybridized carbons (Fsp3) is 0.538. The summed E-state index contributed by atoms with van der Waals surface area (Å²) in [5.41, 5.74) is 0.768. The number of anilines is 1. The molecule has 0 radical (unpaired) electrons. The molecule has 1 saturated heterocycles. The van der Waals surface area contributed by atoms with Gasteiger partial charge in [-0.25, -0.2) is 0 Å². The van der Waals surface area contributed by atoms with Crippen LogP contribution in [0.1, 0.15) is 19.3 Å². The van der Waals surface area contributed by atoms with Crippen molar-refractivity contribution in [1.29, 1.82) is 0 Å². The van der Waals surface area contributed by atoms with E-state index < -0.39 is 0 Å². The van der Waals surface area contributed by atoms with E-state index in [-0.39, 0.29) is 17.4 Å². The maximum Gasteiger partial charge on any atom is 0.296 e. The Morgan fingerprint density at radius 3 is 2.68 bits per heavy atom. The topological polar surface area (TPSA) is 64.8 Å². The van der Waals surface area contributed by atoms with Gasteiger partial charge in [-0.05, 0) is 31.4 Å². The third kappa shape index (κ3) is 3.35.